The van der Waals surface area contributed by atoms with Crippen LogP contribution in [0.2, 0.25) is 0 Å². The van der Waals surface area contributed by atoms with Gasteiger partial charge >= 0.3 is 5.97 Å². The van der Waals surface area contributed by atoms with Crippen molar-refractivity contribution in [1.29, 1.82) is 0 Å². The number of imidazole rings is 1. The van der Waals surface area contributed by atoms with Crippen LogP contribution in [-0.4, -0.2) is 44.6 Å². The highest BCUT2D eigenvalue weighted by molar-refractivity contribution is 7.07. The summed E-state index contributed by atoms with van der Waals surface area (Å²) in [6.07, 6.45) is 4.33. The van der Waals surface area contributed by atoms with Gasteiger partial charge in [-0.05, 0) is 38.1 Å². The zero-order chi connectivity index (χ0) is 18.3. The molecule has 1 spiro atoms. The lowest BCUT2D eigenvalue weighted by atomic mass is 9.76. The van der Waals surface area contributed by atoms with E-state index in [1.54, 1.807) is 11.3 Å². The van der Waals surface area contributed by atoms with Crippen LogP contribution >= 0.6 is 11.3 Å². The van der Waals surface area contributed by atoms with Gasteiger partial charge in [0.1, 0.15) is 6.10 Å². The number of piperidine rings is 1. The molecule has 2 aromatic heterocycles. The molecule has 0 aliphatic carbocycles. The highest BCUT2D eigenvalue weighted by Gasteiger charge is 2.50. The maximum absolute atomic E-state index is 12.7. The number of rotatable bonds is 4. The molecule has 2 fully saturated rings. The van der Waals surface area contributed by atoms with E-state index in [2.05, 4.69) is 30.9 Å². The van der Waals surface area contributed by atoms with Gasteiger partial charge < -0.3 is 9.30 Å². The number of para-hydroxylation sites is 2. The van der Waals surface area contributed by atoms with E-state index in [1.165, 1.54) is 0 Å². The molecule has 1 aromatic carbocycles. The predicted molar refractivity (Wildman–Crippen MR) is 103 cm³/mol. The fourth-order valence-corrected chi connectivity index (χ4v) is 4.96. The van der Waals surface area contributed by atoms with Gasteiger partial charge in [0.15, 0.2) is 0 Å². The molecule has 2 saturated heterocycles. The molecule has 2 aliphatic heterocycles. The van der Waals surface area contributed by atoms with Crippen molar-refractivity contribution in [3.8, 4) is 0 Å². The molecular weight excluding hydrogens is 360 g/mol. The molecule has 0 amide bonds. The third-order valence-electron chi connectivity index (χ3n) is 5.94. The standard InChI is InChI=1S/C20H22N4O2S/c25-19-20(5-7-23(8-6-20)10-15-12-27-14-22-15)9-16(26-19)11-24-13-21-17-3-1-2-4-18(17)24/h1-4,12-14,16H,5-11H2. The quantitative estimate of drug-likeness (QED) is 0.649. The molecule has 4 heterocycles. The fourth-order valence-electron chi connectivity index (χ4n) is 4.41. The van der Waals surface area contributed by atoms with Gasteiger partial charge in [0, 0.05) is 18.3 Å². The van der Waals surface area contributed by atoms with E-state index in [4.69, 9.17) is 4.74 Å². The fraction of sp³-hybridized carbons (Fsp3) is 0.450. The molecule has 0 bridgehead atoms. The number of carbonyl (C=O) groups is 1. The van der Waals surface area contributed by atoms with Crippen LogP contribution in [0.25, 0.3) is 11.0 Å². The smallest absolute Gasteiger partial charge is 0.312 e. The number of fused-ring (bicyclic) bond motifs is 1. The van der Waals surface area contributed by atoms with Gasteiger partial charge in [-0.25, -0.2) is 9.97 Å². The SMILES string of the molecule is O=C1OC(Cn2cnc3ccccc32)CC12CCN(Cc1cscn1)CC2. The van der Waals surface area contributed by atoms with E-state index >= 15 is 0 Å². The Labute approximate surface area is 161 Å². The van der Waals surface area contributed by atoms with Gasteiger partial charge in [0.2, 0.25) is 0 Å². The molecular formula is C20H22N4O2S. The summed E-state index contributed by atoms with van der Waals surface area (Å²) in [5, 5.41) is 2.10. The molecule has 3 aromatic rings. The number of esters is 1. The van der Waals surface area contributed by atoms with Crippen LogP contribution < -0.4 is 0 Å². The Morgan fingerprint density at radius 3 is 2.89 bits per heavy atom. The number of hydrogen-bond acceptors (Lipinski definition) is 6. The molecule has 5 rings (SSSR count). The van der Waals surface area contributed by atoms with Gasteiger partial charge in [0.25, 0.3) is 0 Å². The molecule has 2 aliphatic rings. The first kappa shape index (κ1) is 16.9. The first-order chi connectivity index (χ1) is 13.2. The average Bonchev–Trinajstić information content (AvgIpc) is 3.39. The summed E-state index contributed by atoms with van der Waals surface area (Å²) in [5.41, 5.74) is 4.76. The number of aromatic nitrogens is 3. The zero-order valence-electron chi connectivity index (χ0n) is 15.1. The first-order valence-corrected chi connectivity index (χ1v) is 10.4. The number of carbonyl (C=O) groups excluding carboxylic acids is 1. The minimum absolute atomic E-state index is 0.00905. The van der Waals surface area contributed by atoms with Crippen LogP contribution in [0.3, 0.4) is 0 Å². The van der Waals surface area contributed by atoms with Crippen molar-refractivity contribution < 1.29 is 9.53 Å². The van der Waals surface area contributed by atoms with Gasteiger partial charge in [-0.3, -0.25) is 9.69 Å². The molecule has 140 valence electrons. The van der Waals surface area contributed by atoms with E-state index in [1.807, 2.05) is 30.0 Å². The van der Waals surface area contributed by atoms with Gasteiger partial charge in [-0.1, -0.05) is 12.1 Å². The maximum atomic E-state index is 12.7. The van der Waals surface area contributed by atoms with E-state index < -0.39 is 0 Å². The van der Waals surface area contributed by atoms with Gasteiger partial charge in [-0.2, -0.15) is 0 Å². The summed E-state index contributed by atoms with van der Waals surface area (Å²) in [6, 6.07) is 8.07. The zero-order valence-corrected chi connectivity index (χ0v) is 15.9. The van der Waals surface area contributed by atoms with Crippen molar-refractivity contribution >= 4 is 28.3 Å². The van der Waals surface area contributed by atoms with E-state index in [0.29, 0.717) is 6.54 Å². The van der Waals surface area contributed by atoms with Crippen LogP contribution in [0, 0.1) is 5.41 Å². The van der Waals surface area contributed by atoms with Crippen LogP contribution in [0.5, 0.6) is 0 Å². The lowest BCUT2D eigenvalue weighted by Crippen LogP contribution is -2.42. The molecule has 27 heavy (non-hydrogen) atoms. The molecule has 0 N–H and O–H groups in total. The monoisotopic (exact) mass is 382 g/mol. The lowest BCUT2D eigenvalue weighted by Gasteiger charge is -2.36. The van der Waals surface area contributed by atoms with E-state index in [0.717, 1.165) is 55.6 Å². The van der Waals surface area contributed by atoms with Crippen molar-refractivity contribution in [1.82, 2.24) is 19.4 Å². The van der Waals surface area contributed by atoms with Crippen LogP contribution in [0.15, 0.2) is 41.5 Å². The van der Waals surface area contributed by atoms with Crippen molar-refractivity contribution in [2.45, 2.75) is 38.5 Å². The molecule has 0 radical (unpaired) electrons. The second-order valence-electron chi connectivity index (χ2n) is 7.65. The molecule has 1 unspecified atom stereocenters. The normalized spacial score (nSPS) is 22.5. The van der Waals surface area contributed by atoms with Gasteiger partial charge in [-0.15, -0.1) is 11.3 Å². The second-order valence-corrected chi connectivity index (χ2v) is 8.37. The Morgan fingerprint density at radius 1 is 1.22 bits per heavy atom. The Morgan fingerprint density at radius 2 is 2.07 bits per heavy atom. The van der Waals surface area contributed by atoms with E-state index in [-0.39, 0.29) is 17.5 Å². The van der Waals surface area contributed by atoms with Crippen molar-refractivity contribution in [3.05, 3.63) is 47.2 Å². The number of likely N-dealkylation sites (tertiary alicyclic amines) is 1. The summed E-state index contributed by atoms with van der Waals surface area (Å²) < 4.78 is 7.90. The van der Waals surface area contributed by atoms with Crippen LogP contribution in [0.4, 0.5) is 0 Å². The molecule has 1 atom stereocenters. The molecule has 6 nitrogen and oxygen atoms in total. The Bertz CT molecular complexity index is 944. The van der Waals surface area contributed by atoms with Crippen molar-refractivity contribution in [3.63, 3.8) is 0 Å². The lowest BCUT2D eigenvalue weighted by molar-refractivity contribution is -0.151. The summed E-state index contributed by atoms with van der Waals surface area (Å²) in [7, 11) is 0. The van der Waals surface area contributed by atoms with Crippen molar-refractivity contribution in [2.24, 2.45) is 5.41 Å². The number of thiazole rings is 1. The summed E-state index contributed by atoms with van der Waals surface area (Å²) >= 11 is 1.63. The molecule has 7 heteroatoms. The number of ether oxygens (including phenoxy) is 1. The highest BCUT2D eigenvalue weighted by Crippen LogP contribution is 2.43. The number of hydrogen-bond donors (Lipinski definition) is 0. The second kappa shape index (κ2) is 6.73. The number of benzene rings is 1. The summed E-state index contributed by atoms with van der Waals surface area (Å²) in [4.78, 5) is 23.9. The Hall–Kier alpha value is -2.25. The van der Waals surface area contributed by atoms with Crippen molar-refractivity contribution in [2.75, 3.05) is 13.1 Å². The number of nitrogens with zero attached hydrogens (tertiary/aromatic N) is 4. The molecule has 0 saturated carbocycles. The average molecular weight is 382 g/mol. The van der Waals surface area contributed by atoms with Crippen LogP contribution in [0.1, 0.15) is 25.0 Å². The predicted octanol–water partition coefficient (Wildman–Crippen LogP) is 3.09. The summed E-state index contributed by atoms with van der Waals surface area (Å²) in [5.74, 6) is -0.00905. The first-order valence-electron chi connectivity index (χ1n) is 9.42. The van der Waals surface area contributed by atoms with Crippen LogP contribution in [-0.2, 0) is 22.6 Å². The minimum Gasteiger partial charge on any atom is -0.460 e. The largest absolute Gasteiger partial charge is 0.460 e. The Kier molecular flexibility index (Phi) is 4.21. The minimum atomic E-state index is -0.306. The third-order valence-corrected chi connectivity index (χ3v) is 6.57. The van der Waals surface area contributed by atoms with Gasteiger partial charge in [0.05, 0.1) is 40.5 Å². The Balaban J connectivity index is 1.24. The third kappa shape index (κ3) is 3.15. The highest BCUT2D eigenvalue weighted by atomic mass is 32.1. The topological polar surface area (TPSA) is 60.3 Å². The maximum Gasteiger partial charge on any atom is 0.312 e. The van der Waals surface area contributed by atoms with E-state index in [9.17, 15) is 4.79 Å². The number of cyclic esters (lactones) is 1. The summed E-state index contributed by atoms with van der Waals surface area (Å²) in [6.45, 7) is 3.40.